The molecule has 0 spiro atoms. The molecule has 2 nitrogen and oxygen atoms in total. The first-order valence-corrected chi connectivity index (χ1v) is 6.16. The average Bonchev–Trinajstić information content (AvgIpc) is 2.08. The van der Waals surface area contributed by atoms with Crippen molar-refractivity contribution in [1.82, 2.24) is 0 Å². The van der Waals surface area contributed by atoms with Crippen LogP contribution in [0, 0.1) is 6.92 Å². The van der Waals surface area contributed by atoms with Crippen LogP contribution in [-0.2, 0) is 4.79 Å². The summed E-state index contributed by atoms with van der Waals surface area (Å²) in [4.78, 5) is 11.7. The van der Waals surface area contributed by atoms with Gasteiger partial charge in [0.2, 0.25) is 5.91 Å². The van der Waals surface area contributed by atoms with Gasteiger partial charge >= 0.3 is 0 Å². The van der Waals surface area contributed by atoms with Crippen molar-refractivity contribution < 1.29 is 4.79 Å². The van der Waals surface area contributed by atoms with E-state index in [2.05, 4.69) is 37.2 Å². The quantitative estimate of drug-likeness (QED) is 0.817. The van der Waals surface area contributed by atoms with E-state index in [4.69, 9.17) is 0 Å². The van der Waals surface area contributed by atoms with E-state index in [0.717, 1.165) is 15.7 Å². The Kier molecular flexibility index (Phi) is 3.95. The predicted molar refractivity (Wildman–Crippen MR) is 70.5 cm³/mol. The molecule has 0 aliphatic heterocycles. The van der Waals surface area contributed by atoms with Gasteiger partial charge in [-0.1, -0.05) is 31.9 Å². The number of amides is 1. The molecule has 82 valence electrons. The molecule has 1 amide bonds. The number of aryl methyl sites for hydroxylation is 1. The monoisotopic (exact) mass is 333 g/mol. The zero-order chi connectivity index (χ0) is 11.6. The van der Waals surface area contributed by atoms with E-state index in [1.54, 1.807) is 0 Å². The van der Waals surface area contributed by atoms with Gasteiger partial charge in [-0.05, 0) is 44.5 Å². The largest absolute Gasteiger partial charge is 0.325 e. The number of benzene rings is 1. The predicted octanol–water partition coefficient (Wildman–Crippen LogP) is 3.87. The molecule has 4 heteroatoms. The van der Waals surface area contributed by atoms with E-state index < -0.39 is 4.32 Å². The van der Waals surface area contributed by atoms with Gasteiger partial charge in [0.15, 0.2) is 0 Å². The number of hydrogen-bond acceptors (Lipinski definition) is 1. The highest BCUT2D eigenvalue weighted by molar-refractivity contribution is 9.10. The third-order valence-electron chi connectivity index (χ3n) is 1.98. The molecule has 0 bridgehead atoms. The van der Waals surface area contributed by atoms with Gasteiger partial charge in [0.05, 0.1) is 4.32 Å². The Balaban J connectivity index is 2.87. The minimum absolute atomic E-state index is 0.0482. The second-order valence-electron chi connectivity index (χ2n) is 3.89. The zero-order valence-corrected chi connectivity index (χ0v) is 12.1. The second kappa shape index (κ2) is 4.66. The van der Waals surface area contributed by atoms with Crippen molar-refractivity contribution in [2.75, 3.05) is 5.32 Å². The maximum Gasteiger partial charge on any atom is 0.240 e. The number of hydrogen-bond donors (Lipinski definition) is 1. The Morgan fingerprint density at radius 2 is 2.00 bits per heavy atom. The molecule has 15 heavy (non-hydrogen) atoms. The molecule has 0 unspecified atom stereocenters. The van der Waals surface area contributed by atoms with Crippen LogP contribution >= 0.6 is 31.9 Å². The van der Waals surface area contributed by atoms with Crippen molar-refractivity contribution in [3.05, 3.63) is 28.2 Å². The van der Waals surface area contributed by atoms with Crippen molar-refractivity contribution in [3.8, 4) is 0 Å². The molecule has 1 aromatic rings. The molecular formula is C11H13Br2NO. The third-order valence-corrected chi connectivity index (χ3v) is 2.83. The molecule has 0 aliphatic carbocycles. The van der Waals surface area contributed by atoms with Crippen molar-refractivity contribution in [1.29, 1.82) is 0 Å². The Labute approximate surface area is 107 Å². The average molecular weight is 335 g/mol. The molecule has 0 saturated carbocycles. The summed E-state index contributed by atoms with van der Waals surface area (Å²) >= 11 is 6.70. The van der Waals surface area contributed by atoms with Gasteiger partial charge in [-0.3, -0.25) is 4.79 Å². The lowest BCUT2D eigenvalue weighted by Gasteiger charge is -2.17. The standard InChI is InChI=1S/C11H13Br2NO/c1-7-6-8(12)4-5-9(7)14-10(15)11(2,3)13/h4-6H,1-3H3,(H,14,15). The van der Waals surface area contributed by atoms with Gasteiger partial charge in [-0.15, -0.1) is 0 Å². The van der Waals surface area contributed by atoms with Gasteiger partial charge in [0.1, 0.15) is 0 Å². The summed E-state index contributed by atoms with van der Waals surface area (Å²) in [5.74, 6) is -0.0482. The van der Waals surface area contributed by atoms with E-state index in [1.165, 1.54) is 0 Å². The Morgan fingerprint density at radius 3 is 2.47 bits per heavy atom. The lowest BCUT2D eigenvalue weighted by atomic mass is 10.1. The lowest BCUT2D eigenvalue weighted by molar-refractivity contribution is -0.117. The van der Waals surface area contributed by atoms with Crippen LogP contribution in [0.2, 0.25) is 0 Å². The molecule has 1 aromatic carbocycles. The first-order valence-electron chi connectivity index (χ1n) is 4.57. The van der Waals surface area contributed by atoms with Crippen molar-refractivity contribution >= 4 is 43.5 Å². The first kappa shape index (κ1) is 12.7. The van der Waals surface area contributed by atoms with Crippen LogP contribution in [0.25, 0.3) is 0 Å². The Bertz CT molecular complexity index is 383. The van der Waals surface area contributed by atoms with Crippen LogP contribution < -0.4 is 5.32 Å². The molecule has 1 N–H and O–H groups in total. The second-order valence-corrected chi connectivity index (χ2v) is 6.78. The smallest absolute Gasteiger partial charge is 0.240 e. The molecule has 0 radical (unpaired) electrons. The van der Waals surface area contributed by atoms with Gasteiger partial charge in [0, 0.05) is 10.2 Å². The van der Waals surface area contributed by atoms with Crippen LogP contribution in [-0.4, -0.2) is 10.2 Å². The van der Waals surface area contributed by atoms with Gasteiger partial charge in [-0.25, -0.2) is 0 Å². The minimum Gasteiger partial charge on any atom is -0.325 e. The summed E-state index contributed by atoms with van der Waals surface area (Å²) in [7, 11) is 0. The van der Waals surface area contributed by atoms with E-state index >= 15 is 0 Å². The summed E-state index contributed by atoms with van der Waals surface area (Å²) in [6, 6.07) is 5.76. The van der Waals surface area contributed by atoms with E-state index in [1.807, 2.05) is 39.0 Å². The topological polar surface area (TPSA) is 29.1 Å². The van der Waals surface area contributed by atoms with Crippen molar-refractivity contribution in [3.63, 3.8) is 0 Å². The summed E-state index contributed by atoms with van der Waals surface area (Å²) in [5, 5.41) is 2.87. The number of anilines is 1. The van der Waals surface area contributed by atoms with Crippen LogP contribution in [0.15, 0.2) is 22.7 Å². The molecule has 1 rings (SSSR count). The highest BCUT2D eigenvalue weighted by Crippen LogP contribution is 2.23. The summed E-state index contributed by atoms with van der Waals surface area (Å²) in [6.45, 7) is 5.59. The minimum atomic E-state index is -0.549. The van der Waals surface area contributed by atoms with Gasteiger partial charge in [-0.2, -0.15) is 0 Å². The fourth-order valence-corrected chi connectivity index (χ4v) is 1.61. The highest BCUT2D eigenvalue weighted by Gasteiger charge is 2.23. The number of carbonyl (C=O) groups is 1. The number of carbonyl (C=O) groups excluding carboxylic acids is 1. The normalized spacial score (nSPS) is 11.3. The van der Waals surface area contributed by atoms with Crippen LogP contribution in [0.1, 0.15) is 19.4 Å². The molecular weight excluding hydrogens is 322 g/mol. The lowest BCUT2D eigenvalue weighted by Crippen LogP contribution is -2.31. The van der Waals surface area contributed by atoms with E-state index in [9.17, 15) is 4.79 Å². The molecule has 0 aliphatic rings. The number of alkyl halides is 1. The van der Waals surface area contributed by atoms with Gasteiger partial charge in [0.25, 0.3) is 0 Å². The highest BCUT2D eigenvalue weighted by atomic mass is 79.9. The van der Waals surface area contributed by atoms with Crippen LogP contribution in [0.4, 0.5) is 5.69 Å². The van der Waals surface area contributed by atoms with Crippen LogP contribution in [0.3, 0.4) is 0 Å². The van der Waals surface area contributed by atoms with E-state index in [-0.39, 0.29) is 5.91 Å². The SMILES string of the molecule is Cc1cc(Br)ccc1NC(=O)C(C)(C)Br. The summed E-state index contributed by atoms with van der Waals surface area (Å²) < 4.78 is 0.461. The summed E-state index contributed by atoms with van der Waals surface area (Å²) in [6.07, 6.45) is 0. The number of rotatable bonds is 2. The molecule has 0 heterocycles. The number of nitrogens with one attached hydrogen (secondary N) is 1. The maximum atomic E-state index is 11.7. The molecule has 0 aromatic heterocycles. The maximum absolute atomic E-state index is 11.7. The summed E-state index contributed by atoms with van der Waals surface area (Å²) in [5.41, 5.74) is 1.88. The Hall–Kier alpha value is -0.350. The van der Waals surface area contributed by atoms with E-state index in [0.29, 0.717) is 0 Å². The molecule has 0 atom stereocenters. The van der Waals surface area contributed by atoms with Crippen LogP contribution in [0.5, 0.6) is 0 Å². The zero-order valence-electron chi connectivity index (χ0n) is 8.90. The van der Waals surface area contributed by atoms with Gasteiger partial charge < -0.3 is 5.32 Å². The van der Waals surface area contributed by atoms with Crippen molar-refractivity contribution in [2.24, 2.45) is 0 Å². The molecule has 0 saturated heterocycles. The number of halogens is 2. The van der Waals surface area contributed by atoms with Crippen molar-refractivity contribution in [2.45, 2.75) is 25.1 Å². The fourth-order valence-electron chi connectivity index (χ4n) is 1.04. The Morgan fingerprint density at radius 1 is 1.40 bits per heavy atom. The fraction of sp³-hybridized carbons (Fsp3) is 0.364. The molecule has 0 fully saturated rings. The third kappa shape index (κ3) is 3.61. The first-order chi connectivity index (χ1) is 6.80.